The summed E-state index contributed by atoms with van der Waals surface area (Å²) in [5, 5.41) is 34.3. The molecule has 2 atom stereocenters. The number of hydrogen-bond donors (Lipinski definition) is 4. The number of carbonyl (C=O) groups excluding carboxylic acids is 2. The molecule has 2 aromatic carbocycles. The van der Waals surface area contributed by atoms with Gasteiger partial charge in [-0.2, -0.15) is 5.26 Å². The van der Waals surface area contributed by atoms with E-state index in [1.165, 1.54) is 29.2 Å². The minimum absolute atomic E-state index is 0.0550. The Hall–Kier alpha value is -3.57. The number of nitrogens with one attached hydrogen (secondary N) is 2. The highest BCUT2D eigenvalue weighted by Gasteiger charge is 2.29. The van der Waals surface area contributed by atoms with Crippen molar-refractivity contribution in [1.82, 2.24) is 10.2 Å². The average molecular weight is 394 g/mol. The molecule has 3 amide bonds. The summed E-state index contributed by atoms with van der Waals surface area (Å²) in [7, 11) is 0. The lowest BCUT2D eigenvalue weighted by atomic mass is 10.1. The van der Waals surface area contributed by atoms with E-state index in [2.05, 4.69) is 10.6 Å². The monoisotopic (exact) mass is 394 g/mol. The fourth-order valence-electron chi connectivity index (χ4n) is 3.20. The molecule has 8 nitrogen and oxygen atoms in total. The zero-order valence-corrected chi connectivity index (χ0v) is 15.7. The number of likely N-dealkylation sites (tertiary alicyclic amines) is 1. The van der Waals surface area contributed by atoms with Crippen molar-refractivity contribution in [3.63, 3.8) is 0 Å². The third kappa shape index (κ3) is 5.24. The highest BCUT2D eigenvalue weighted by atomic mass is 16.3. The third-order valence-electron chi connectivity index (χ3n) is 4.79. The molecule has 0 unspecified atom stereocenters. The van der Waals surface area contributed by atoms with Crippen LogP contribution in [0, 0.1) is 11.3 Å². The van der Waals surface area contributed by atoms with Gasteiger partial charge < -0.3 is 25.7 Å². The van der Waals surface area contributed by atoms with E-state index in [0.29, 0.717) is 36.2 Å². The van der Waals surface area contributed by atoms with Crippen LogP contribution in [0.5, 0.6) is 5.75 Å². The van der Waals surface area contributed by atoms with Crippen LogP contribution in [0.15, 0.2) is 48.5 Å². The zero-order chi connectivity index (χ0) is 20.8. The molecular formula is C21H22N4O4. The molecule has 4 N–H and O–H groups in total. The number of benzene rings is 2. The topological polar surface area (TPSA) is 126 Å². The van der Waals surface area contributed by atoms with Crippen LogP contribution < -0.4 is 10.6 Å². The van der Waals surface area contributed by atoms with Gasteiger partial charge in [-0.3, -0.25) is 4.79 Å². The van der Waals surface area contributed by atoms with Crippen LogP contribution in [-0.2, 0) is 0 Å². The maximum absolute atomic E-state index is 12.7. The molecule has 150 valence electrons. The molecular weight excluding hydrogens is 372 g/mol. The first-order valence-electron chi connectivity index (χ1n) is 9.30. The summed E-state index contributed by atoms with van der Waals surface area (Å²) in [6.07, 6.45) is 0.267. The predicted octanol–water partition coefficient (Wildman–Crippen LogP) is 2.05. The lowest BCUT2D eigenvalue weighted by Gasteiger charge is -2.27. The van der Waals surface area contributed by atoms with E-state index < -0.39 is 18.1 Å². The first-order valence-corrected chi connectivity index (χ1v) is 9.30. The summed E-state index contributed by atoms with van der Waals surface area (Å²) in [4.78, 5) is 26.7. The fourth-order valence-corrected chi connectivity index (χ4v) is 3.20. The summed E-state index contributed by atoms with van der Waals surface area (Å²) >= 11 is 0. The molecule has 1 fully saturated rings. The van der Waals surface area contributed by atoms with E-state index in [0.717, 1.165) is 0 Å². The summed E-state index contributed by atoms with van der Waals surface area (Å²) in [6.45, 7) is 0.585. The van der Waals surface area contributed by atoms with Crippen molar-refractivity contribution in [3.05, 3.63) is 59.7 Å². The van der Waals surface area contributed by atoms with Gasteiger partial charge in [0, 0.05) is 24.3 Å². The number of aliphatic hydroxyl groups excluding tert-OH is 1. The molecule has 29 heavy (non-hydrogen) atoms. The fraction of sp³-hybridized carbons (Fsp3) is 0.286. The highest BCUT2D eigenvalue weighted by Crippen LogP contribution is 2.16. The van der Waals surface area contributed by atoms with E-state index in [-0.39, 0.29) is 18.3 Å². The smallest absolute Gasteiger partial charge is 0.321 e. The summed E-state index contributed by atoms with van der Waals surface area (Å²) in [5.74, 6) is -0.336. The maximum Gasteiger partial charge on any atom is 0.321 e. The number of amides is 3. The molecule has 1 aliphatic heterocycles. The van der Waals surface area contributed by atoms with Gasteiger partial charge in [-0.25, -0.2) is 4.79 Å². The van der Waals surface area contributed by atoms with Crippen LogP contribution >= 0.6 is 0 Å². The number of phenolic OH excluding ortho intramolecular Hbond substituents is 1. The van der Waals surface area contributed by atoms with Crippen molar-refractivity contribution in [1.29, 1.82) is 5.26 Å². The van der Waals surface area contributed by atoms with Crippen molar-refractivity contribution in [2.75, 3.05) is 18.4 Å². The molecule has 1 saturated heterocycles. The van der Waals surface area contributed by atoms with Crippen LogP contribution in [0.2, 0.25) is 0 Å². The van der Waals surface area contributed by atoms with Gasteiger partial charge in [-0.1, -0.05) is 6.07 Å². The average Bonchev–Trinajstić information content (AvgIpc) is 2.90. The van der Waals surface area contributed by atoms with Gasteiger partial charge in [0.2, 0.25) is 0 Å². The molecule has 2 aromatic rings. The van der Waals surface area contributed by atoms with Gasteiger partial charge in [0.1, 0.15) is 5.75 Å². The van der Waals surface area contributed by atoms with Crippen LogP contribution in [0.4, 0.5) is 10.5 Å². The number of urea groups is 1. The number of carbonyl (C=O) groups is 2. The van der Waals surface area contributed by atoms with Crippen molar-refractivity contribution in [3.8, 4) is 11.8 Å². The van der Waals surface area contributed by atoms with Crippen molar-refractivity contribution in [2.45, 2.75) is 25.0 Å². The van der Waals surface area contributed by atoms with Gasteiger partial charge in [-0.15, -0.1) is 0 Å². The Bertz CT molecular complexity index is 923. The highest BCUT2D eigenvalue weighted by molar-refractivity contribution is 5.94. The lowest BCUT2D eigenvalue weighted by Crippen LogP contribution is -2.50. The minimum Gasteiger partial charge on any atom is -0.508 e. The molecule has 0 saturated carbocycles. The first-order chi connectivity index (χ1) is 14.0. The Kier molecular flexibility index (Phi) is 6.32. The quantitative estimate of drug-likeness (QED) is 0.634. The largest absolute Gasteiger partial charge is 0.508 e. The number of nitriles is 1. The SMILES string of the molecule is N#Cc1cccc(NC(=O)N2CCC[C@@H](O)[C@H](NC(=O)c3ccc(O)cc3)C2)c1. The Balaban J connectivity index is 1.67. The second-order valence-corrected chi connectivity index (χ2v) is 6.91. The van der Waals surface area contributed by atoms with Gasteiger partial charge in [-0.05, 0) is 55.3 Å². The third-order valence-corrected chi connectivity index (χ3v) is 4.79. The number of phenols is 1. The Morgan fingerprint density at radius 1 is 1.17 bits per heavy atom. The van der Waals surface area contributed by atoms with Crippen LogP contribution in [0.25, 0.3) is 0 Å². The van der Waals surface area contributed by atoms with Crippen LogP contribution in [-0.4, -0.2) is 52.3 Å². The van der Waals surface area contributed by atoms with Crippen molar-refractivity contribution < 1.29 is 19.8 Å². The first kappa shape index (κ1) is 20.2. The maximum atomic E-state index is 12.7. The Labute approximate surface area is 168 Å². The number of aromatic hydroxyl groups is 1. The number of nitrogens with zero attached hydrogens (tertiary/aromatic N) is 2. The Morgan fingerprint density at radius 3 is 2.66 bits per heavy atom. The number of aliphatic hydroxyl groups is 1. The lowest BCUT2D eigenvalue weighted by molar-refractivity contribution is 0.0811. The zero-order valence-electron chi connectivity index (χ0n) is 15.7. The summed E-state index contributed by atoms with van der Waals surface area (Å²) in [6, 6.07) is 13.4. The van der Waals surface area contributed by atoms with E-state index in [9.17, 15) is 19.8 Å². The van der Waals surface area contributed by atoms with E-state index in [1.807, 2.05) is 6.07 Å². The van der Waals surface area contributed by atoms with E-state index >= 15 is 0 Å². The molecule has 3 rings (SSSR count). The standard InChI is InChI=1S/C21H22N4O4/c22-12-14-3-1-4-16(11-14)23-21(29)25-10-2-5-19(27)18(13-25)24-20(28)15-6-8-17(26)9-7-15/h1,3-4,6-9,11,18-19,26-27H,2,5,10,13H2,(H,23,29)(H,24,28)/t18-,19-/m1/s1. The summed E-state index contributed by atoms with van der Waals surface area (Å²) < 4.78 is 0. The van der Waals surface area contributed by atoms with Gasteiger partial charge in [0.25, 0.3) is 5.91 Å². The molecule has 0 bridgehead atoms. The van der Waals surface area contributed by atoms with E-state index in [4.69, 9.17) is 5.26 Å². The number of anilines is 1. The molecule has 0 aromatic heterocycles. The predicted molar refractivity (Wildman–Crippen MR) is 106 cm³/mol. The van der Waals surface area contributed by atoms with Gasteiger partial charge in [0.15, 0.2) is 0 Å². The minimum atomic E-state index is -0.782. The molecule has 0 radical (unpaired) electrons. The van der Waals surface area contributed by atoms with Gasteiger partial charge in [0.05, 0.1) is 23.8 Å². The molecule has 0 aliphatic carbocycles. The molecule has 1 heterocycles. The van der Waals surface area contributed by atoms with Crippen LogP contribution in [0.1, 0.15) is 28.8 Å². The van der Waals surface area contributed by atoms with Crippen molar-refractivity contribution >= 4 is 17.6 Å². The second kappa shape index (κ2) is 9.08. The van der Waals surface area contributed by atoms with E-state index in [1.54, 1.807) is 24.3 Å². The Morgan fingerprint density at radius 2 is 1.93 bits per heavy atom. The van der Waals surface area contributed by atoms with Crippen molar-refractivity contribution in [2.24, 2.45) is 0 Å². The molecule has 1 aliphatic rings. The summed E-state index contributed by atoms with van der Waals surface area (Å²) in [5.41, 5.74) is 1.29. The molecule has 8 heteroatoms. The van der Waals surface area contributed by atoms with Crippen LogP contribution in [0.3, 0.4) is 0 Å². The number of rotatable bonds is 3. The number of hydrogen-bond acceptors (Lipinski definition) is 5. The second-order valence-electron chi connectivity index (χ2n) is 6.91. The van der Waals surface area contributed by atoms with Gasteiger partial charge >= 0.3 is 6.03 Å². The molecule has 0 spiro atoms. The normalized spacial score (nSPS) is 19.0.